The van der Waals surface area contributed by atoms with Crippen LogP contribution < -0.4 is 0 Å². The molecule has 0 spiro atoms. The van der Waals surface area contributed by atoms with Gasteiger partial charge in [0.25, 0.3) is 0 Å². The van der Waals surface area contributed by atoms with E-state index in [1.165, 1.54) is 6.92 Å². The van der Waals surface area contributed by atoms with E-state index in [-0.39, 0.29) is 12.6 Å². The highest BCUT2D eigenvalue weighted by Crippen LogP contribution is 1.91. The first-order chi connectivity index (χ1) is 5.16. The SMILES string of the molecule is CCC(O)/C=C/COC(C)=O. The van der Waals surface area contributed by atoms with Crippen LogP contribution in [-0.4, -0.2) is 23.8 Å². The second kappa shape index (κ2) is 5.92. The Labute approximate surface area is 66.7 Å². The van der Waals surface area contributed by atoms with Gasteiger partial charge in [0.15, 0.2) is 0 Å². The summed E-state index contributed by atoms with van der Waals surface area (Å²) in [4.78, 5) is 10.2. The Hall–Kier alpha value is -0.830. The maximum Gasteiger partial charge on any atom is 0.302 e. The zero-order chi connectivity index (χ0) is 8.69. The highest BCUT2D eigenvalue weighted by molar-refractivity contribution is 5.65. The fourth-order valence-electron chi connectivity index (χ4n) is 0.514. The Kier molecular flexibility index (Phi) is 5.47. The van der Waals surface area contributed by atoms with Crippen LogP contribution in [0.25, 0.3) is 0 Å². The van der Waals surface area contributed by atoms with Crippen LogP contribution in [0.2, 0.25) is 0 Å². The molecule has 0 radical (unpaired) electrons. The third kappa shape index (κ3) is 7.06. The quantitative estimate of drug-likeness (QED) is 0.488. The van der Waals surface area contributed by atoms with E-state index in [1.54, 1.807) is 12.2 Å². The Bertz CT molecular complexity index is 140. The first-order valence-electron chi connectivity index (χ1n) is 3.65. The number of ether oxygens (including phenoxy) is 1. The van der Waals surface area contributed by atoms with Crippen molar-refractivity contribution in [1.82, 2.24) is 0 Å². The summed E-state index contributed by atoms with van der Waals surface area (Å²) >= 11 is 0. The van der Waals surface area contributed by atoms with E-state index in [1.807, 2.05) is 6.92 Å². The highest BCUT2D eigenvalue weighted by atomic mass is 16.5. The van der Waals surface area contributed by atoms with Gasteiger partial charge in [-0.1, -0.05) is 13.0 Å². The van der Waals surface area contributed by atoms with Gasteiger partial charge in [-0.25, -0.2) is 0 Å². The standard InChI is InChI=1S/C8H14O3/c1-3-8(10)5-4-6-11-7(2)9/h4-5,8,10H,3,6H2,1-2H3/b5-4+. The molecule has 0 fully saturated rings. The van der Waals surface area contributed by atoms with E-state index in [4.69, 9.17) is 5.11 Å². The van der Waals surface area contributed by atoms with Gasteiger partial charge in [-0.2, -0.15) is 0 Å². The van der Waals surface area contributed by atoms with Gasteiger partial charge in [-0.15, -0.1) is 0 Å². The summed E-state index contributed by atoms with van der Waals surface area (Å²) in [5, 5.41) is 9.00. The van der Waals surface area contributed by atoms with E-state index < -0.39 is 6.10 Å². The third-order valence-electron chi connectivity index (χ3n) is 1.16. The molecule has 3 nitrogen and oxygen atoms in total. The lowest BCUT2D eigenvalue weighted by molar-refractivity contribution is -0.139. The summed E-state index contributed by atoms with van der Waals surface area (Å²) < 4.78 is 4.60. The van der Waals surface area contributed by atoms with Crippen LogP contribution in [0.1, 0.15) is 20.3 Å². The molecular formula is C8H14O3. The van der Waals surface area contributed by atoms with Gasteiger partial charge in [0, 0.05) is 6.92 Å². The van der Waals surface area contributed by atoms with Crippen molar-refractivity contribution in [2.75, 3.05) is 6.61 Å². The van der Waals surface area contributed by atoms with Crippen molar-refractivity contribution < 1.29 is 14.6 Å². The van der Waals surface area contributed by atoms with E-state index in [0.29, 0.717) is 6.42 Å². The summed E-state index contributed by atoms with van der Waals surface area (Å²) in [5.41, 5.74) is 0. The molecule has 0 bridgehead atoms. The highest BCUT2D eigenvalue weighted by Gasteiger charge is 1.92. The first-order valence-corrected chi connectivity index (χ1v) is 3.65. The summed E-state index contributed by atoms with van der Waals surface area (Å²) in [6.45, 7) is 3.47. The van der Waals surface area contributed by atoms with Crippen LogP contribution in [0, 0.1) is 0 Å². The lowest BCUT2D eigenvalue weighted by Gasteiger charge is -1.99. The number of hydrogen-bond acceptors (Lipinski definition) is 3. The topological polar surface area (TPSA) is 46.5 Å². The Morgan fingerprint density at radius 3 is 2.82 bits per heavy atom. The fourth-order valence-corrected chi connectivity index (χ4v) is 0.514. The number of carbonyl (C=O) groups is 1. The van der Waals surface area contributed by atoms with Crippen molar-refractivity contribution in [1.29, 1.82) is 0 Å². The van der Waals surface area contributed by atoms with Gasteiger partial charge < -0.3 is 9.84 Å². The lowest BCUT2D eigenvalue weighted by atomic mass is 10.2. The Balaban J connectivity index is 3.36. The molecule has 0 aliphatic rings. The van der Waals surface area contributed by atoms with E-state index >= 15 is 0 Å². The smallest absolute Gasteiger partial charge is 0.302 e. The van der Waals surface area contributed by atoms with Gasteiger partial charge >= 0.3 is 5.97 Å². The van der Waals surface area contributed by atoms with E-state index in [9.17, 15) is 4.79 Å². The molecule has 1 N–H and O–H groups in total. The molecule has 0 aromatic heterocycles. The number of aliphatic hydroxyl groups is 1. The van der Waals surface area contributed by atoms with Crippen LogP contribution >= 0.6 is 0 Å². The molecule has 0 aliphatic heterocycles. The van der Waals surface area contributed by atoms with Crippen LogP contribution in [0.4, 0.5) is 0 Å². The number of esters is 1. The summed E-state index contributed by atoms with van der Waals surface area (Å²) in [6.07, 6.45) is 3.50. The second-order valence-corrected chi connectivity index (χ2v) is 2.21. The van der Waals surface area contributed by atoms with Gasteiger partial charge in [0.05, 0.1) is 6.10 Å². The molecule has 1 unspecified atom stereocenters. The second-order valence-electron chi connectivity index (χ2n) is 2.21. The number of hydrogen-bond donors (Lipinski definition) is 1. The molecule has 3 heteroatoms. The van der Waals surface area contributed by atoms with Gasteiger partial charge in [-0.05, 0) is 12.5 Å². The molecule has 0 aromatic rings. The molecule has 0 heterocycles. The fraction of sp³-hybridized carbons (Fsp3) is 0.625. The molecule has 0 aliphatic carbocycles. The molecule has 11 heavy (non-hydrogen) atoms. The number of rotatable bonds is 4. The summed E-state index contributed by atoms with van der Waals surface area (Å²) in [7, 11) is 0. The van der Waals surface area contributed by atoms with Gasteiger partial charge in [0.1, 0.15) is 6.61 Å². The number of carbonyl (C=O) groups excluding carboxylic acids is 1. The maximum absolute atomic E-state index is 10.2. The van der Waals surface area contributed by atoms with Crippen molar-refractivity contribution in [2.24, 2.45) is 0 Å². The monoisotopic (exact) mass is 158 g/mol. The molecule has 0 saturated heterocycles. The molecule has 0 rings (SSSR count). The molecule has 0 aromatic carbocycles. The van der Waals surface area contributed by atoms with Crippen LogP contribution in [0.3, 0.4) is 0 Å². The molecule has 0 saturated carbocycles. The normalized spacial score (nSPS) is 13.4. The third-order valence-corrected chi connectivity index (χ3v) is 1.16. The van der Waals surface area contributed by atoms with Crippen molar-refractivity contribution in [2.45, 2.75) is 26.4 Å². The average Bonchev–Trinajstić information content (AvgIpc) is 1.97. The minimum absolute atomic E-state index is 0.242. The summed E-state index contributed by atoms with van der Waals surface area (Å²) in [6, 6.07) is 0. The molecule has 0 amide bonds. The van der Waals surface area contributed by atoms with Crippen LogP contribution in [0.15, 0.2) is 12.2 Å². The summed E-state index contributed by atoms with van der Waals surface area (Å²) in [5.74, 6) is -0.305. The predicted octanol–water partition coefficient (Wildman–Crippen LogP) is 0.877. The Morgan fingerprint density at radius 1 is 1.73 bits per heavy atom. The van der Waals surface area contributed by atoms with E-state index in [2.05, 4.69) is 4.74 Å². The minimum Gasteiger partial charge on any atom is -0.462 e. The maximum atomic E-state index is 10.2. The lowest BCUT2D eigenvalue weighted by Crippen LogP contribution is -2.01. The van der Waals surface area contributed by atoms with Gasteiger partial charge in [0.2, 0.25) is 0 Å². The average molecular weight is 158 g/mol. The first kappa shape index (κ1) is 10.2. The minimum atomic E-state index is -0.425. The van der Waals surface area contributed by atoms with Crippen molar-refractivity contribution in [3.8, 4) is 0 Å². The van der Waals surface area contributed by atoms with Crippen molar-refractivity contribution >= 4 is 5.97 Å². The number of aliphatic hydroxyl groups excluding tert-OH is 1. The van der Waals surface area contributed by atoms with Crippen molar-refractivity contribution in [3.05, 3.63) is 12.2 Å². The zero-order valence-electron chi connectivity index (χ0n) is 6.91. The van der Waals surface area contributed by atoms with E-state index in [0.717, 1.165) is 0 Å². The zero-order valence-corrected chi connectivity index (χ0v) is 6.91. The largest absolute Gasteiger partial charge is 0.462 e. The Morgan fingerprint density at radius 2 is 2.36 bits per heavy atom. The van der Waals surface area contributed by atoms with Crippen LogP contribution in [-0.2, 0) is 9.53 Å². The molecule has 1 atom stereocenters. The van der Waals surface area contributed by atoms with Crippen LogP contribution in [0.5, 0.6) is 0 Å². The molecular weight excluding hydrogens is 144 g/mol. The van der Waals surface area contributed by atoms with Gasteiger partial charge in [-0.3, -0.25) is 4.79 Å². The van der Waals surface area contributed by atoms with Crippen molar-refractivity contribution in [3.63, 3.8) is 0 Å². The predicted molar refractivity (Wildman–Crippen MR) is 42.1 cm³/mol. The molecule has 64 valence electrons.